The summed E-state index contributed by atoms with van der Waals surface area (Å²) in [7, 11) is 0. The molecule has 0 fully saturated rings. The van der Waals surface area contributed by atoms with Crippen molar-refractivity contribution in [2.45, 2.75) is 316 Å². The summed E-state index contributed by atoms with van der Waals surface area (Å²) in [4.78, 5) is 38.1. The third-order valence-electron chi connectivity index (χ3n) is 13.6. The third kappa shape index (κ3) is 59.5. The Kier molecular flexibility index (Phi) is 59.3. The molecule has 0 aliphatic rings. The predicted octanol–water partition coefficient (Wildman–Crippen LogP) is 21.5. The molecule has 74 heavy (non-hydrogen) atoms. The number of unbranched alkanes of at least 4 members (excludes halogenated alkanes) is 32. The second kappa shape index (κ2) is 62.1. The fraction of sp³-hybridized carbons (Fsp3) is 0.750. The van der Waals surface area contributed by atoms with Crippen LogP contribution >= 0.6 is 0 Å². The van der Waals surface area contributed by atoms with Gasteiger partial charge in [0.05, 0.1) is 0 Å². The minimum absolute atomic E-state index is 0.103. The van der Waals surface area contributed by atoms with Gasteiger partial charge in [0.1, 0.15) is 13.2 Å². The van der Waals surface area contributed by atoms with Crippen LogP contribution in [-0.4, -0.2) is 37.2 Å². The summed E-state index contributed by atoms with van der Waals surface area (Å²) in [5, 5.41) is 0. The van der Waals surface area contributed by atoms with Crippen LogP contribution in [0.2, 0.25) is 0 Å². The van der Waals surface area contributed by atoms with Crippen molar-refractivity contribution < 1.29 is 28.6 Å². The molecule has 1 atom stereocenters. The first kappa shape index (κ1) is 70.6. The van der Waals surface area contributed by atoms with E-state index in [0.29, 0.717) is 19.3 Å². The Morgan fingerprint density at radius 1 is 0.284 bits per heavy atom. The van der Waals surface area contributed by atoms with Gasteiger partial charge in [-0.3, -0.25) is 14.4 Å². The lowest BCUT2D eigenvalue weighted by Gasteiger charge is -2.18. The molecule has 0 aliphatic heterocycles. The molecule has 0 aromatic carbocycles. The van der Waals surface area contributed by atoms with Crippen LogP contribution in [0.25, 0.3) is 0 Å². The van der Waals surface area contributed by atoms with Gasteiger partial charge in [-0.1, -0.05) is 279 Å². The van der Waals surface area contributed by atoms with Crippen LogP contribution in [-0.2, 0) is 28.6 Å². The number of carbonyl (C=O) groups is 3. The van der Waals surface area contributed by atoms with E-state index in [4.69, 9.17) is 14.2 Å². The molecule has 0 N–H and O–H groups in total. The molecule has 6 nitrogen and oxygen atoms in total. The van der Waals surface area contributed by atoms with Crippen LogP contribution in [0.1, 0.15) is 310 Å². The summed E-state index contributed by atoms with van der Waals surface area (Å²) in [5.41, 5.74) is 0. The molecule has 0 aromatic rings. The van der Waals surface area contributed by atoms with E-state index in [1.54, 1.807) is 0 Å². The molecular formula is C68H118O6. The molecule has 0 saturated carbocycles. The van der Waals surface area contributed by atoms with Crippen molar-refractivity contribution in [2.75, 3.05) is 13.2 Å². The van der Waals surface area contributed by atoms with E-state index >= 15 is 0 Å². The molecular weight excluding hydrogens is 913 g/mol. The zero-order valence-electron chi connectivity index (χ0n) is 48.8. The zero-order chi connectivity index (χ0) is 53.6. The van der Waals surface area contributed by atoms with Crippen LogP contribution in [0.4, 0.5) is 0 Å². The summed E-state index contributed by atoms with van der Waals surface area (Å²) in [5.74, 6) is -0.994. The Hall–Kier alpha value is -3.41. The van der Waals surface area contributed by atoms with Crippen LogP contribution in [0, 0.1) is 0 Å². The highest BCUT2D eigenvalue weighted by Gasteiger charge is 2.19. The van der Waals surface area contributed by atoms with Gasteiger partial charge in [-0.2, -0.15) is 0 Å². The van der Waals surface area contributed by atoms with E-state index in [9.17, 15) is 14.4 Å². The van der Waals surface area contributed by atoms with Crippen LogP contribution < -0.4 is 0 Å². The molecule has 0 rings (SSSR count). The lowest BCUT2D eigenvalue weighted by molar-refractivity contribution is -0.166. The maximum Gasteiger partial charge on any atom is 0.306 e. The second-order valence-electron chi connectivity index (χ2n) is 20.9. The molecule has 0 aliphatic carbocycles. The molecule has 426 valence electrons. The van der Waals surface area contributed by atoms with Crippen molar-refractivity contribution in [1.29, 1.82) is 0 Å². The molecule has 0 saturated heterocycles. The summed E-state index contributed by atoms with van der Waals surface area (Å²) in [6.45, 7) is 6.43. The molecule has 0 heterocycles. The topological polar surface area (TPSA) is 78.9 Å². The third-order valence-corrected chi connectivity index (χ3v) is 13.6. The highest BCUT2D eigenvalue weighted by Crippen LogP contribution is 2.17. The Labute approximate surface area is 458 Å². The smallest absolute Gasteiger partial charge is 0.306 e. The standard InChI is InChI=1S/C68H118O6/c1-4-7-10-13-16-19-22-25-27-28-29-30-31-32-33-34-35-36-37-38-39-40-41-44-46-49-52-55-58-61-67(70)73-64-65(63-72-66(69)60-57-54-51-48-45-42-24-21-18-15-12-9-6-3)74-68(71)62-59-56-53-50-47-43-26-23-20-17-14-11-8-5-2/h9,12,14,17-18,21,23,26,28-29,42,45,51,54,65H,4-8,10-11,13,15-16,19-20,22,24-25,27,30-41,43-44,46-50,52-53,55-64H2,1-3H3/b12-9-,17-14-,21-18-,26-23-,29-28-,45-42-,54-51-. The molecule has 6 heteroatoms. The lowest BCUT2D eigenvalue weighted by atomic mass is 10.0. The van der Waals surface area contributed by atoms with Crippen molar-refractivity contribution in [3.63, 3.8) is 0 Å². The fourth-order valence-electron chi connectivity index (χ4n) is 8.88. The first-order chi connectivity index (χ1) is 36.5. The predicted molar refractivity (Wildman–Crippen MR) is 321 cm³/mol. The monoisotopic (exact) mass is 1030 g/mol. The van der Waals surface area contributed by atoms with Crippen molar-refractivity contribution >= 4 is 17.9 Å². The van der Waals surface area contributed by atoms with Crippen molar-refractivity contribution in [2.24, 2.45) is 0 Å². The van der Waals surface area contributed by atoms with Crippen molar-refractivity contribution in [3.8, 4) is 0 Å². The average Bonchev–Trinajstić information content (AvgIpc) is 3.40. The Balaban J connectivity index is 4.22. The van der Waals surface area contributed by atoms with Gasteiger partial charge in [0.2, 0.25) is 0 Å². The summed E-state index contributed by atoms with van der Waals surface area (Å²) in [6.07, 6.45) is 82.0. The number of hydrogen-bond donors (Lipinski definition) is 0. The van der Waals surface area contributed by atoms with Gasteiger partial charge in [0, 0.05) is 19.3 Å². The number of hydrogen-bond acceptors (Lipinski definition) is 6. The van der Waals surface area contributed by atoms with Crippen LogP contribution in [0.15, 0.2) is 85.1 Å². The molecule has 0 amide bonds. The number of esters is 3. The van der Waals surface area contributed by atoms with Gasteiger partial charge in [-0.15, -0.1) is 0 Å². The second-order valence-corrected chi connectivity index (χ2v) is 20.9. The quantitative estimate of drug-likeness (QED) is 0.0261. The van der Waals surface area contributed by atoms with Gasteiger partial charge >= 0.3 is 17.9 Å². The lowest BCUT2D eigenvalue weighted by Crippen LogP contribution is -2.30. The molecule has 0 spiro atoms. The largest absolute Gasteiger partial charge is 0.462 e. The van der Waals surface area contributed by atoms with Gasteiger partial charge in [0.25, 0.3) is 0 Å². The Morgan fingerprint density at radius 3 is 0.959 bits per heavy atom. The zero-order valence-corrected chi connectivity index (χ0v) is 48.8. The van der Waals surface area contributed by atoms with Crippen molar-refractivity contribution in [1.82, 2.24) is 0 Å². The van der Waals surface area contributed by atoms with E-state index in [1.807, 2.05) is 6.08 Å². The average molecular weight is 1030 g/mol. The summed E-state index contributed by atoms with van der Waals surface area (Å²) in [6, 6.07) is 0. The summed E-state index contributed by atoms with van der Waals surface area (Å²) < 4.78 is 16.8. The van der Waals surface area contributed by atoms with Gasteiger partial charge < -0.3 is 14.2 Å². The normalized spacial score (nSPS) is 12.6. The number of allylic oxidation sites excluding steroid dienone is 14. The molecule has 0 bridgehead atoms. The van der Waals surface area contributed by atoms with E-state index in [-0.39, 0.29) is 37.5 Å². The van der Waals surface area contributed by atoms with Gasteiger partial charge in [-0.25, -0.2) is 0 Å². The molecule has 1 unspecified atom stereocenters. The fourth-order valence-corrected chi connectivity index (χ4v) is 8.88. The number of carbonyl (C=O) groups excluding carboxylic acids is 3. The number of rotatable bonds is 57. The van der Waals surface area contributed by atoms with Gasteiger partial charge in [-0.05, 0) is 96.3 Å². The maximum atomic E-state index is 12.8. The Morgan fingerprint density at radius 2 is 0.568 bits per heavy atom. The van der Waals surface area contributed by atoms with E-state index in [1.165, 1.54) is 173 Å². The SMILES string of the molecule is CC/C=C\C/C=C\C/C=C\C/C=C\CCC(=O)OCC(COC(=O)CCCCCCCCCCCCCCCCCCC/C=C\CCCCCCCCCC)OC(=O)CCCCCCC/C=C\C/C=C\CCCC. The van der Waals surface area contributed by atoms with E-state index in [0.717, 1.165) is 89.9 Å². The minimum atomic E-state index is -0.812. The summed E-state index contributed by atoms with van der Waals surface area (Å²) >= 11 is 0. The maximum absolute atomic E-state index is 12.8. The molecule has 0 radical (unpaired) electrons. The van der Waals surface area contributed by atoms with E-state index in [2.05, 4.69) is 99.8 Å². The highest BCUT2D eigenvalue weighted by atomic mass is 16.6. The van der Waals surface area contributed by atoms with Crippen molar-refractivity contribution in [3.05, 3.63) is 85.1 Å². The highest BCUT2D eigenvalue weighted by molar-refractivity contribution is 5.71. The van der Waals surface area contributed by atoms with E-state index < -0.39 is 6.10 Å². The first-order valence-electron chi connectivity index (χ1n) is 31.6. The van der Waals surface area contributed by atoms with Gasteiger partial charge in [0.15, 0.2) is 6.10 Å². The minimum Gasteiger partial charge on any atom is -0.462 e. The molecule has 0 aromatic heterocycles. The van der Waals surface area contributed by atoms with Crippen LogP contribution in [0.5, 0.6) is 0 Å². The Bertz CT molecular complexity index is 1420. The first-order valence-corrected chi connectivity index (χ1v) is 31.6. The van der Waals surface area contributed by atoms with Crippen LogP contribution in [0.3, 0.4) is 0 Å². The number of ether oxygens (including phenoxy) is 3.